The maximum absolute atomic E-state index is 8.96. The molecule has 2 heteroatoms. The highest BCUT2D eigenvalue weighted by Crippen LogP contribution is 2.34. The molecule has 1 fully saturated rings. The van der Waals surface area contributed by atoms with Crippen molar-refractivity contribution in [1.29, 1.82) is 0 Å². The summed E-state index contributed by atoms with van der Waals surface area (Å²) in [5.74, 6) is 1.42. The van der Waals surface area contributed by atoms with Crippen molar-refractivity contribution in [3.63, 3.8) is 0 Å². The van der Waals surface area contributed by atoms with E-state index >= 15 is 0 Å². The summed E-state index contributed by atoms with van der Waals surface area (Å²) < 4.78 is 0. The smallest absolute Gasteiger partial charge is 0.0434 e. The number of aryl methyl sites for hydroxylation is 1. The van der Waals surface area contributed by atoms with Gasteiger partial charge in [0.1, 0.15) is 0 Å². The van der Waals surface area contributed by atoms with Crippen LogP contribution in [0.2, 0.25) is 0 Å². The van der Waals surface area contributed by atoms with E-state index in [2.05, 4.69) is 43.4 Å². The highest BCUT2D eigenvalue weighted by molar-refractivity contribution is 5.23. The molecule has 0 heterocycles. The molecule has 2 unspecified atom stereocenters. The SMILES string of the molecule is Cc1cccc(CC(NCC(C)CCO)C2CC2)c1. The zero-order valence-electron chi connectivity index (χ0n) is 12.2. The van der Waals surface area contributed by atoms with Crippen LogP contribution in [0.1, 0.15) is 37.3 Å². The fraction of sp³-hybridized carbons (Fsp3) is 0.647. The van der Waals surface area contributed by atoms with E-state index in [1.54, 1.807) is 0 Å². The Morgan fingerprint density at radius 3 is 2.79 bits per heavy atom. The van der Waals surface area contributed by atoms with E-state index in [-0.39, 0.29) is 0 Å². The molecule has 0 aromatic heterocycles. The minimum Gasteiger partial charge on any atom is -0.396 e. The lowest BCUT2D eigenvalue weighted by Crippen LogP contribution is -2.36. The van der Waals surface area contributed by atoms with Gasteiger partial charge in [-0.25, -0.2) is 0 Å². The highest BCUT2D eigenvalue weighted by atomic mass is 16.3. The Balaban J connectivity index is 1.86. The lowest BCUT2D eigenvalue weighted by molar-refractivity contribution is 0.256. The molecule has 1 aliphatic rings. The third kappa shape index (κ3) is 4.96. The zero-order chi connectivity index (χ0) is 13.7. The molecule has 0 amide bonds. The van der Waals surface area contributed by atoms with Gasteiger partial charge in [0.2, 0.25) is 0 Å². The molecule has 1 aromatic carbocycles. The molecule has 0 bridgehead atoms. The van der Waals surface area contributed by atoms with Crippen LogP contribution in [-0.4, -0.2) is 24.3 Å². The van der Waals surface area contributed by atoms with E-state index in [0.717, 1.165) is 25.3 Å². The van der Waals surface area contributed by atoms with Gasteiger partial charge in [0.05, 0.1) is 0 Å². The van der Waals surface area contributed by atoms with Gasteiger partial charge in [0.15, 0.2) is 0 Å². The van der Waals surface area contributed by atoms with Crippen LogP contribution in [-0.2, 0) is 6.42 Å². The molecule has 1 aromatic rings. The van der Waals surface area contributed by atoms with Crippen molar-refractivity contribution in [1.82, 2.24) is 5.32 Å². The molecule has 106 valence electrons. The van der Waals surface area contributed by atoms with Crippen molar-refractivity contribution in [2.75, 3.05) is 13.2 Å². The summed E-state index contributed by atoms with van der Waals surface area (Å²) >= 11 is 0. The Morgan fingerprint density at radius 1 is 1.37 bits per heavy atom. The van der Waals surface area contributed by atoms with Crippen LogP contribution in [0, 0.1) is 18.8 Å². The third-order valence-corrected chi connectivity index (χ3v) is 4.08. The summed E-state index contributed by atoms with van der Waals surface area (Å²) in [7, 11) is 0. The summed E-state index contributed by atoms with van der Waals surface area (Å²) in [5, 5.41) is 12.7. The van der Waals surface area contributed by atoms with Gasteiger partial charge in [-0.2, -0.15) is 0 Å². The number of hydrogen-bond donors (Lipinski definition) is 2. The second-order valence-corrected chi connectivity index (χ2v) is 6.16. The number of nitrogens with one attached hydrogen (secondary N) is 1. The number of aliphatic hydroxyl groups is 1. The Kier molecular flexibility index (Phi) is 5.41. The molecule has 0 radical (unpaired) electrons. The maximum atomic E-state index is 8.96. The molecule has 0 spiro atoms. The lowest BCUT2D eigenvalue weighted by atomic mass is 9.99. The molecule has 2 N–H and O–H groups in total. The van der Waals surface area contributed by atoms with Gasteiger partial charge in [-0.05, 0) is 56.6 Å². The second kappa shape index (κ2) is 7.06. The predicted molar refractivity (Wildman–Crippen MR) is 80.3 cm³/mol. The Hall–Kier alpha value is -0.860. The van der Waals surface area contributed by atoms with E-state index in [4.69, 9.17) is 5.11 Å². The van der Waals surface area contributed by atoms with Crippen LogP contribution in [0.4, 0.5) is 0 Å². The molecule has 2 nitrogen and oxygen atoms in total. The maximum Gasteiger partial charge on any atom is 0.0434 e. The molecule has 1 saturated carbocycles. The van der Waals surface area contributed by atoms with Gasteiger partial charge in [0, 0.05) is 12.6 Å². The molecule has 2 rings (SSSR count). The van der Waals surface area contributed by atoms with Gasteiger partial charge in [-0.1, -0.05) is 36.8 Å². The standard InChI is InChI=1S/C17H27NO/c1-13-4-3-5-15(10-13)11-17(16-6-7-16)18-12-14(2)8-9-19/h3-5,10,14,16-19H,6-9,11-12H2,1-2H3. The summed E-state index contributed by atoms with van der Waals surface area (Å²) in [6.45, 7) is 5.69. The van der Waals surface area contributed by atoms with Crippen LogP contribution in [0.25, 0.3) is 0 Å². The number of hydrogen-bond acceptors (Lipinski definition) is 2. The van der Waals surface area contributed by atoms with Crippen LogP contribution >= 0.6 is 0 Å². The number of aliphatic hydroxyl groups excluding tert-OH is 1. The van der Waals surface area contributed by atoms with E-state index < -0.39 is 0 Å². The van der Waals surface area contributed by atoms with E-state index in [1.165, 1.54) is 24.0 Å². The quantitative estimate of drug-likeness (QED) is 0.754. The summed E-state index contributed by atoms with van der Waals surface area (Å²) in [6, 6.07) is 9.47. The fourth-order valence-corrected chi connectivity index (χ4v) is 2.67. The molecule has 19 heavy (non-hydrogen) atoms. The summed E-state index contributed by atoms with van der Waals surface area (Å²) in [5.41, 5.74) is 2.79. The predicted octanol–water partition coefficient (Wildman–Crippen LogP) is 2.92. The van der Waals surface area contributed by atoms with Crippen molar-refractivity contribution in [3.8, 4) is 0 Å². The first-order valence-electron chi connectivity index (χ1n) is 7.59. The minimum atomic E-state index is 0.300. The largest absolute Gasteiger partial charge is 0.396 e. The first-order chi connectivity index (χ1) is 9.19. The third-order valence-electron chi connectivity index (χ3n) is 4.08. The summed E-state index contributed by atoms with van der Waals surface area (Å²) in [6.07, 6.45) is 4.78. The Bertz CT molecular complexity index is 387. The Labute approximate surface area is 117 Å². The number of benzene rings is 1. The lowest BCUT2D eigenvalue weighted by Gasteiger charge is -2.21. The van der Waals surface area contributed by atoms with Crippen molar-refractivity contribution in [2.45, 2.75) is 45.6 Å². The highest BCUT2D eigenvalue weighted by Gasteiger charge is 2.30. The molecule has 0 aliphatic heterocycles. The van der Waals surface area contributed by atoms with Crippen LogP contribution < -0.4 is 5.32 Å². The monoisotopic (exact) mass is 261 g/mol. The van der Waals surface area contributed by atoms with Gasteiger partial charge in [-0.3, -0.25) is 0 Å². The molecule has 1 aliphatic carbocycles. The molecule has 2 atom stereocenters. The summed E-state index contributed by atoms with van der Waals surface area (Å²) in [4.78, 5) is 0. The minimum absolute atomic E-state index is 0.300. The normalized spacial score (nSPS) is 18.3. The fourth-order valence-electron chi connectivity index (χ4n) is 2.67. The number of rotatable bonds is 8. The first kappa shape index (κ1) is 14.5. The van der Waals surface area contributed by atoms with Gasteiger partial charge < -0.3 is 10.4 Å². The zero-order valence-corrected chi connectivity index (χ0v) is 12.2. The van der Waals surface area contributed by atoms with E-state index in [9.17, 15) is 0 Å². The van der Waals surface area contributed by atoms with E-state index in [0.29, 0.717) is 18.6 Å². The van der Waals surface area contributed by atoms with Crippen LogP contribution in [0.3, 0.4) is 0 Å². The first-order valence-corrected chi connectivity index (χ1v) is 7.59. The van der Waals surface area contributed by atoms with Crippen molar-refractivity contribution in [2.24, 2.45) is 11.8 Å². The second-order valence-electron chi connectivity index (χ2n) is 6.16. The van der Waals surface area contributed by atoms with E-state index in [1.807, 2.05) is 0 Å². The Morgan fingerprint density at radius 2 is 2.16 bits per heavy atom. The topological polar surface area (TPSA) is 32.3 Å². The van der Waals surface area contributed by atoms with Crippen molar-refractivity contribution in [3.05, 3.63) is 35.4 Å². The van der Waals surface area contributed by atoms with Gasteiger partial charge >= 0.3 is 0 Å². The van der Waals surface area contributed by atoms with Crippen molar-refractivity contribution >= 4 is 0 Å². The van der Waals surface area contributed by atoms with Crippen LogP contribution in [0.15, 0.2) is 24.3 Å². The van der Waals surface area contributed by atoms with Gasteiger partial charge in [0.25, 0.3) is 0 Å². The van der Waals surface area contributed by atoms with Gasteiger partial charge in [-0.15, -0.1) is 0 Å². The van der Waals surface area contributed by atoms with Crippen LogP contribution in [0.5, 0.6) is 0 Å². The molecular formula is C17H27NO. The average molecular weight is 261 g/mol. The van der Waals surface area contributed by atoms with Crippen molar-refractivity contribution < 1.29 is 5.11 Å². The molecule has 0 saturated heterocycles. The average Bonchev–Trinajstić information content (AvgIpc) is 3.19. The molecular weight excluding hydrogens is 234 g/mol.